The third-order valence-corrected chi connectivity index (χ3v) is 7.69. The van der Waals surface area contributed by atoms with Gasteiger partial charge >= 0.3 is 0 Å². The summed E-state index contributed by atoms with van der Waals surface area (Å²) in [6.07, 6.45) is 22.2. The van der Waals surface area contributed by atoms with E-state index in [9.17, 15) is 4.79 Å². The molecule has 0 N–H and O–H groups in total. The van der Waals surface area contributed by atoms with Crippen molar-refractivity contribution in [2.45, 2.75) is 83.5 Å². The minimum Gasteiger partial charge on any atom is -0.294 e. The van der Waals surface area contributed by atoms with Crippen molar-refractivity contribution in [2.75, 3.05) is 0 Å². The molecular weight excluding hydrogens is 376 g/mol. The molecule has 2 fully saturated rings. The molecule has 0 aliphatic heterocycles. The van der Waals surface area contributed by atoms with Crippen molar-refractivity contribution in [3.8, 4) is 0 Å². The highest BCUT2D eigenvalue weighted by Crippen LogP contribution is 2.40. The van der Waals surface area contributed by atoms with Crippen LogP contribution in [0.2, 0.25) is 0 Å². The summed E-state index contributed by atoms with van der Waals surface area (Å²) in [5, 5.41) is 0. The molecule has 0 heterocycles. The fourth-order valence-corrected chi connectivity index (χ4v) is 5.84. The molecule has 0 radical (unpaired) electrons. The first-order valence-corrected chi connectivity index (χ1v) is 12.5. The van der Waals surface area contributed by atoms with Crippen LogP contribution in [0.4, 0.5) is 0 Å². The second-order valence-electron chi connectivity index (χ2n) is 10.0. The summed E-state index contributed by atoms with van der Waals surface area (Å²) in [6, 6.07) is 9.36. The monoisotopic (exact) mass is 414 g/mol. The van der Waals surface area contributed by atoms with Gasteiger partial charge in [0.25, 0.3) is 0 Å². The summed E-state index contributed by atoms with van der Waals surface area (Å²) in [5.74, 6) is 1.51. The standard InChI is InChI=1S/C30H38O/c1-22(21-24-14-17-27(18-15-24)26-9-5-3-4-6-10-26)13-16-25-19-20-29(31)30(23(25)2)28-11-7-8-12-28/h13-20,26,28,30H,2-12,21H2,1H3/b22-13+,25-16-. The smallest absolute Gasteiger partial charge is 0.163 e. The fraction of sp³-hybridized carbons (Fsp3) is 0.500. The summed E-state index contributed by atoms with van der Waals surface area (Å²) in [6.45, 7) is 6.52. The van der Waals surface area contributed by atoms with Gasteiger partial charge in [0.15, 0.2) is 5.78 Å². The Labute approximate surface area is 189 Å². The predicted octanol–water partition coefficient (Wildman–Crippen LogP) is 8.04. The minimum absolute atomic E-state index is 0.00369. The third kappa shape index (κ3) is 5.56. The second kappa shape index (κ2) is 10.4. The number of carbonyl (C=O) groups is 1. The average molecular weight is 415 g/mol. The topological polar surface area (TPSA) is 17.1 Å². The molecule has 1 unspecified atom stereocenters. The molecule has 0 aromatic heterocycles. The van der Waals surface area contributed by atoms with Gasteiger partial charge in [0.2, 0.25) is 0 Å². The van der Waals surface area contributed by atoms with Gasteiger partial charge in [-0.1, -0.05) is 93.2 Å². The van der Waals surface area contributed by atoms with Crippen LogP contribution in [-0.2, 0) is 11.2 Å². The van der Waals surface area contributed by atoms with Gasteiger partial charge in [0.1, 0.15) is 0 Å². The first kappa shape index (κ1) is 22.1. The average Bonchev–Trinajstić information content (AvgIpc) is 3.15. The number of rotatable bonds is 5. The van der Waals surface area contributed by atoms with E-state index in [0.29, 0.717) is 5.92 Å². The van der Waals surface area contributed by atoms with E-state index in [-0.39, 0.29) is 11.7 Å². The Morgan fingerprint density at radius 2 is 1.58 bits per heavy atom. The molecule has 0 amide bonds. The van der Waals surface area contributed by atoms with Crippen molar-refractivity contribution >= 4 is 5.78 Å². The lowest BCUT2D eigenvalue weighted by Crippen LogP contribution is -2.25. The Kier molecular flexibility index (Phi) is 7.43. The van der Waals surface area contributed by atoms with Crippen LogP contribution in [0.5, 0.6) is 0 Å². The highest BCUT2D eigenvalue weighted by molar-refractivity contribution is 5.97. The molecule has 1 atom stereocenters. The van der Waals surface area contributed by atoms with Gasteiger partial charge in [-0.15, -0.1) is 0 Å². The normalized spacial score (nSPS) is 25.4. The minimum atomic E-state index is 0.00369. The lowest BCUT2D eigenvalue weighted by molar-refractivity contribution is -0.118. The number of allylic oxidation sites excluding steroid dienone is 7. The third-order valence-electron chi connectivity index (χ3n) is 7.69. The number of carbonyl (C=O) groups excluding carboxylic acids is 1. The molecule has 1 aromatic rings. The maximum absolute atomic E-state index is 12.5. The van der Waals surface area contributed by atoms with E-state index in [2.05, 4.69) is 49.9 Å². The van der Waals surface area contributed by atoms with E-state index in [1.807, 2.05) is 6.08 Å². The van der Waals surface area contributed by atoms with Crippen LogP contribution in [0.1, 0.15) is 88.2 Å². The van der Waals surface area contributed by atoms with E-state index in [1.165, 1.54) is 80.9 Å². The van der Waals surface area contributed by atoms with Gasteiger partial charge < -0.3 is 0 Å². The molecule has 0 saturated heterocycles. The summed E-state index contributed by atoms with van der Waals surface area (Å²) in [4.78, 5) is 12.5. The van der Waals surface area contributed by atoms with Crippen LogP contribution in [0.3, 0.4) is 0 Å². The highest BCUT2D eigenvalue weighted by atomic mass is 16.1. The zero-order valence-electron chi connectivity index (χ0n) is 19.2. The molecule has 0 spiro atoms. The molecular formula is C30H38O. The van der Waals surface area contributed by atoms with Crippen LogP contribution < -0.4 is 0 Å². The summed E-state index contributed by atoms with van der Waals surface area (Å²) in [7, 11) is 0. The molecule has 3 aliphatic rings. The lowest BCUT2D eigenvalue weighted by Gasteiger charge is -2.27. The SMILES string of the molecule is C=C1/C(=C\C=C(/C)Cc2ccc(C3CCCCCC3)cc2)C=CC(=O)C1C1CCCC1. The zero-order valence-corrected chi connectivity index (χ0v) is 19.2. The molecule has 1 aromatic carbocycles. The number of hydrogen-bond acceptors (Lipinski definition) is 1. The Hall–Kier alpha value is -2.15. The van der Waals surface area contributed by atoms with Crippen molar-refractivity contribution in [1.29, 1.82) is 0 Å². The van der Waals surface area contributed by atoms with Gasteiger partial charge in [0, 0.05) is 5.92 Å². The number of hydrogen-bond donors (Lipinski definition) is 0. The van der Waals surface area contributed by atoms with Crippen molar-refractivity contribution < 1.29 is 4.79 Å². The Morgan fingerprint density at radius 3 is 2.26 bits per heavy atom. The second-order valence-corrected chi connectivity index (χ2v) is 10.0. The van der Waals surface area contributed by atoms with Gasteiger partial charge in [-0.2, -0.15) is 0 Å². The van der Waals surface area contributed by atoms with Crippen molar-refractivity contribution in [3.63, 3.8) is 0 Å². The number of ketones is 1. The first-order chi connectivity index (χ1) is 15.1. The fourth-order valence-electron chi connectivity index (χ4n) is 5.84. The molecule has 1 nitrogen and oxygen atoms in total. The molecule has 31 heavy (non-hydrogen) atoms. The summed E-state index contributed by atoms with van der Waals surface area (Å²) < 4.78 is 0. The summed E-state index contributed by atoms with van der Waals surface area (Å²) >= 11 is 0. The van der Waals surface area contributed by atoms with Crippen LogP contribution in [0.15, 0.2) is 71.9 Å². The van der Waals surface area contributed by atoms with Crippen LogP contribution in [0, 0.1) is 11.8 Å². The molecule has 2 saturated carbocycles. The Bertz CT molecular complexity index is 865. The lowest BCUT2D eigenvalue weighted by atomic mass is 9.76. The van der Waals surface area contributed by atoms with Crippen LogP contribution in [-0.4, -0.2) is 5.78 Å². The molecule has 4 rings (SSSR count). The van der Waals surface area contributed by atoms with Gasteiger partial charge in [-0.05, 0) is 79.2 Å². The van der Waals surface area contributed by atoms with Crippen molar-refractivity contribution in [1.82, 2.24) is 0 Å². The van der Waals surface area contributed by atoms with Gasteiger partial charge in [-0.3, -0.25) is 4.79 Å². The summed E-state index contributed by atoms with van der Waals surface area (Å²) in [5.41, 5.74) is 6.39. The maximum Gasteiger partial charge on any atom is 0.163 e. The number of benzene rings is 1. The maximum atomic E-state index is 12.5. The van der Waals surface area contributed by atoms with E-state index in [1.54, 1.807) is 6.08 Å². The van der Waals surface area contributed by atoms with E-state index >= 15 is 0 Å². The van der Waals surface area contributed by atoms with Crippen molar-refractivity contribution in [2.24, 2.45) is 11.8 Å². The molecule has 1 heteroatoms. The van der Waals surface area contributed by atoms with Gasteiger partial charge in [0.05, 0.1) is 0 Å². The van der Waals surface area contributed by atoms with E-state index < -0.39 is 0 Å². The zero-order chi connectivity index (χ0) is 21.6. The predicted molar refractivity (Wildman–Crippen MR) is 131 cm³/mol. The van der Waals surface area contributed by atoms with Gasteiger partial charge in [-0.25, -0.2) is 0 Å². The van der Waals surface area contributed by atoms with E-state index in [0.717, 1.165) is 23.5 Å². The van der Waals surface area contributed by atoms with Crippen LogP contribution in [0.25, 0.3) is 0 Å². The Morgan fingerprint density at radius 1 is 0.935 bits per heavy atom. The molecule has 164 valence electrons. The molecule has 3 aliphatic carbocycles. The molecule has 0 bridgehead atoms. The highest BCUT2D eigenvalue weighted by Gasteiger charge is 2.34. The van der Waals surface area contributed by atoms with Crippen molar-refractivity contribution in [3.05, 3.63) is 83.0 Å². The first-order valence-electron chi connectivity index (χ1n) is 12.5. The quantitative estimate of drug-likeness (QED) is 0.445. The van der Waals surface area contributed by atoms with E-state index in [4.69, 9.17) is 0 Å². The largest absolute Gasteiger partial charge is 0.294 e. The Balaban J connectivity index is 1.40. The van der Waals surface area contributed by atoms with Crippen LogP contribution >= 0.6 is 0 Å².